The van der Waals surface area contributed by atoms with Gasteiger partial charge in [0.1, 0.15) is 5.82 Å². The van der Waals surface area contributed by atoms with Crippen LogP contribution in [0.3, 0.4) is 0 Å². The summed E-state index contributed by atoms with van der Waals surface area (Å²) in [6.45, 7) is 3.17. The fraction of sp³-hybridized carbons (Fsp3) is 0.250. The van der Waals surface area contributed by atoms with Gasteiger partial charge in [-0.2, -0.15) is 0 Å². The Bertz CT molecular complexity index is 1240. The van der Waals surface area contributed by atoms with Gasteiger partial charge in [-0.1, -0.05) is 65.7 Å². The lowest BCUT2D eigenvalue weighted by Crippen LogP contribution is -2.46. The molecular weight excluding hydrogens is 470 g/mol. The molecule has 0 aromatic heterocycles. The molecule has 1 saturated heterocycles. The fourth-order valence-corrected chi connectivity index (χ4v) is 5.61. The van der Waals surface area contributed by atoms with E-state index in [1.807, 2.05) is 18.2 Å². The van der Waals surface area contributed by atoms with E-state index in [0.29, 0.717) is 22.2 Å². The lowest BCUT2D eigenvalue weighted by atomic mass is 9.74. The average molecular weight is 495 g/mol. The van der Waals surface area contributed by atoms with Gasteiger partial charge in [-0.05, 0) is 73.5 Å². The third-order valence-corrected chi connectivity index (χ3v) is 7.52. The molecule has 0 aliphatic carbocycles. The van der Waals surface area contributed by atoms with Crippen molar-refractivity contribution in [1.29, 1.82) is 0 Å². The second-order valence-corrected chi connectivity index (χ2v) is 9.91. The molecule has 2 aliphatic rings. The van der Waals surface area contributed by atoms with E-state index in [0.717, 1.165) is 43.7 Å². The van der Waals surface area contributed by atoms with Crippen LogP contribution >= 0.6 is 23.2 Å². The highest BCUT2D eigenvalue weighted by Crippen LogP contribution is 2.48. The number of carbonyl (C=O) groups is 1. The van der Waals surface area contributed by atoms with Crippen molar-refractivity contribution in [3.8, 4) is 0 Å². The average Bonchev–Trinajstić information content (AvgIpc) is 3.14. The summed E-state index contributed by atoms with van der Waals surface area (Å²) >= 11 is 12.4. The molecule has 0 bridgehead atoms. The van der Waals surface area contributed by atoms with Gasteiger partial charge in [-0.15, -0.1) is 0 Å². The number of benzene rings is 3. The van der Waals surface area contributed by atoms with Crippen LogP contribution < -0.4 is 4.90 Å². The second-order valence-electron chi connectivity index (χ2n) is 9.07. The molecule has 174 valence electrons. The predicted molar refractivity (Wildman–Crippen MR) is 137 cm³/mol. The molecule has 1 fully saturated rings. The number of likely N-dealkylation sites (tertiary alicyclic amines) is 1. The van der Waals surface area contributed by atoms with Crippen LogP contribution in [-0.2, 0) is 5.41 Å². The van der Waals surface area contributed by atoms with Gasteiger partial charge in [0.15, 0.2) is 0 Å². The largest absolute Gasteiger partial charge is 0.307 e. The number of halogens is 3. The van der Waals surface area contributed by atoms with Gasteiger partial charge in [0.25, 0.3) is 5.91 Å². The maximum Gasteiger partial charge on any atom is 0.259 e. The molecule has 0 radical (unpaired) electrons. The Morgan fingerprint density at radius 3 is 2.50 bits per heavy atom. The quantitative estimate of drug-likeness (QED) is 0.396. The van der Waals surface area contributed by atoms with Gasteiger partial charge in [-0.3, -0.25) is 9.69 Å². The smallest absolute Gasteiger partial charge is 0.259 e. The van der Waals surface area contributed by atoms with Gasteiger partial charge in [0.05, 0.1) is 10.6 Å². The van der Waals surface area contributed by atoms with Crippen LogP contribution in [0.2, 0.25) is 10.0 Å². The molecule has 1 amide bonds. The summed E-state index contributed by atoms with van der Waals surface area (Å²) in [5, 5.41) is 0.803. The molecule has 1 spiro atoms. The Balaban J connectivity index is 1.34. The Morgan fingerprint density at radius 1 is 1.00 bits per heavy atom. The van der Waals surface area contributed by atoms with Crippen LogP contribution in [0, 0.1) is 5.82 Å². The highest BCUT2D eigenvalue weighted by Gasteiger charge is 2.46. The third-order valence-electron chi connectivity index (χ3n) is 6.97. The van der Waals surface area contributed by atoms with E-state index < -0.39 is 0 Å². The number of carbonyl (C=O) groups excluding carboxylic acids is 1. The molecular formula is C28H25Cl2FN2O. The van der Waals surface area contributed by atoms with Crippen molar-refractivity contribution in [3.05, 3.63) is 105 Å². The summed E-state index contributed by atoms with van der Waals surface area (Å²) < 4.78 is 14.3. The van der Waals surface area contributed by atoms with Crippen molar-refractivity contribution in [2.45, 2.75) is 18.3 Å². The molecule has 3 aromatic carbocycles. The fourth-order valence-electron chi connectivity index (χ4n) is 5.12. The first-order chi connectivity index (χ1) is 16.4. The SMILES string of the molecule is O=C(c1ccc(Cl)cc1Cl)N1CC2(CCN(CC=Cc3ccccc3)CC2)c2cc(F)ccc21. The van der Waals surface area contributed by atoms with E-state index in [2.05, 4.69) is 29.2 Å². The number of rotatable bonds is 4. The van der Waals surface area contributed by atoms with Gasteiger partial charge in [0.2, 0.25) is 0 Å². The summed E-state index contributed by atoms with van der Waals surface area (Å²) in [5.41, 5.74) is 3.03. The maximum absolute atomic E-state index is 14.3. The Hall–Kier alpha value is -2.66. The summed E-state index contributed by atoms with van der Waals surface area (Å²) in [6.07, 6.45) is 6.05. The Morgan fingerprint density at radius 2 is 1.76 bits per heavy atom. The molecule has 0 saturated carbocycles. The first-order valence-corrected chi connectivity index (χ1v) is 12.2. The van der Waals surface area contributed by atoms with Crippen molar-refractivity contribution in [2.24, 2.45) is 0 Å². The van der Waals surface area contributed by atoms with E-state index in [4.69, 9.17) is 23.2 Å². The zero-order chi connectivity index (χ0) is 23.7. The molecule has 34 heavy (non-hydrogen) atoms. The molecule has 6 heteroatoms. The van der Waals surface area contributed by atoms with Crippen LogP contribution in [0.25, 0.3) is 6.08 Å². The number of anilines is 1. The molecule has 0 atom stereocenters. The zero-order valence-corrected chi connectivity index (χ0v) is 20.2. The van der Waals surface area contributed by atoms with E-state index in [-0.39, 0.29) is 17.1 Å². The van der Waals surface area contributed by atoms with Gasteiger partial charge < -0.3 is 4.90 Å². The molecule has 0 unspecified atom stereocenters. The monoisotopic (exact) mass is 494 g/mol. The van der Waals surface area contributed by atoms with Gasteiger partial charge in [-0.25, -0.2) is 4.39 Å². The molecule has 3 nitrogen and oxygen atoms in total. The molecule has 3 aromatic rings. The van der Waals surface area contributed by atoms with Crippen LogP contribution in [0.4, 0.5) is 10.1 Å². The number of hydrogen-bond donors (Lipinski definition) is 0. The van der Waals surface area contributed by atoms with Crippen molar-refractivity contribution < 1.29 is 9.18 Å². The number of piperidine rings is 1. The van der Waals surface area contributed by atoms with E-state index in [9.17, 15) is 9.18 Å². The predicted octanol–water partition coefficient (Wildman–Crippen LogP) is 6.84. The second kappa shape index (κ2) is 9.53. The number of nitrogens with zero attached hydrogens (tertiary/aromatic N) is 2. The lowest BCUT2D eigenvalue weighted by Gasteiger charge is -2.39. The maximum atomic E-state index is 14.3. The normalized spacial score (nSPS) is 17.4. The first kappa shape index (κ1) is 23.1. The topological polar surface area (TPSA) is 23.6 Å². The summed E-state index contributed by atoms with van der Waals surface area (Å²) in [7, 11) is 0. The Kier molecular flexibility index (Phi) is 6.48. The van der Waals surface area contributed by atoms with Crippen LogP contribution in [0.15, 0.2) is 72.8 Å². The standard InChI is InChI=1S/C28H25Cl2FN2O/c29-21-8-10-23(25(30)17-21)27(34)33-19-28(24-18-22(31)9-11-26(24)33)12-15-32(16-13-28)14-4-7-20-5-2-1-3-6-20/h1-11,17-18H,12-16,19H2. The zero-order valence-electron chi connectivity index (χ0n) is 18.7. The van der Waals surface area contributed by atoms with Crippen LogP contribution in [0.5, 0.6) is 0 Å². The highest BCUT2D eigenvalue weighted by atomic mass is 35.5. The van der Waals surface area contributed by atoms with Gasteiger partial charge in [0, 0.05) is 29.2 Å². The van der Waals surface area contributed by atoms with Crippen molar-refractivity contribution >= 4 is 40.9 Å². The number of amides is 1. The van der Waals surface area contributed by atoms with Crippen molar-refractivity contribution in [2.75, 3.05) is 31.1 Å². The molecule has 2 aliphatic heterocycles. The highest BCUT2D eigenvalue weighted by molar-refractivity contribution is 6.37. The van der Waals surface area contributed by atoms with Crippen LogP contribution in [-0.4, -0.2) is 37.0 Å². The van der Waals surface area contributed by atoms with E-state index >= 15 is 0 Å². The first-order valence-electron chi connectivity index (χ1n) is 11.5. The van der Waals surface area contributed by atoms with Gasteiger partial charge >= 0.3 is 0 Å². The number of hydrogen-bond acceptors (Lipinski definition) is 2. The summed E-state index contributed by atoms with van der Waals surface area (Å²) in [4.78, 5) is 17.6. The van der Waals surface area contributed by atoms with E-state index in [1.165, 1.54) is 11.6 Å². The third kappa shape index (κ3) is 4.50. The molecule has 0 N–H and O–H groups in total. The van der Waals surface area contributed by atoms with E-state index in [1.54, 1.807) is 35.2 Å². The van der Waals surface area contributed by atoms with Crippen molar-refractivity contribution in [1.82, 2.24) is 4.90 Å². The lowest BCUT2D eigenvalue weighted by molar-refractivity contribution is 0.0978. The van der Waals surface area contributed by atoms with Crippen molar-refractivity contribution in [3.63, 3.8) is 0 Å². The Labute approximate surface area is 209 Å². The minimum atomic E-state index is -0.273. The minimum Gasteiger partial charge on any atom is -0.307 e. The number of fused-ring (bicyclic) bond motifs is 2. The van der Waals surface area contributed by atoms with Crippen LogP contribution in [0.1, 0.15) is 34.3 Å². The summed E-state index contributed by atoms with van der Waals surface area (Å²) in [5.74, 6) is -0.454. The molecule has 2 heterocycles. The molecule has 5 rings (SSSR count). The minimum absolute atomic E-state index is 0.181. The summed E-state index contributed by atoms with van der Waals surface area (Å²) in [6, 6.07) is 19.9.